The molecule has 0 spiro atoms. The molecular weight excluding hydrogens is 624 g/mol. The SMILES string of the molecule is CN(CCC(=N)N)C(=O)n1ccc(N(C)C(=O)n2ccc(N(C)C(=O)n3ccc(NC(=O)c4nc5c([N+](=O)[O-])cccc5n4C)c3)c2)c1. The lowest BCUT2D eigenvalue weighted by Crippen LogP contribution is -2.33. The van der Waals surface area contributed by atoms with Gasteiger partial charge in [-0.25, -0.2) is 19.4 Å². The summed E-state index contributed by atoms with van der Waals surface area (Å²) in [5.41, 5.74) is 6.80. The van der Waals surface area contributed by atoms with Crippen molar-refractivity contribution in [2.45, 2.75) is 6.42 Å². The summed E-state index contributed by atoms with van der Waals surface area (Å²) >= 11 is 0. The molecule has 5 rings (SSSR count). The van der Waals surface area contributed by atoms with Crippen molar-refractivity contribution in [3.8, 4) is 0 Å². The molecule has 4 aromatic heterocycles. The second-order valence-corrected chi connectivity index (χ2v) is 10.9. The number of nitrogens with one attached hydrogen (secondary N) is 2. The van der Waals surface area contributed by atoms with Gasteiger partial charge in [-0.2, -0.15) is 0 Å². The summed E-state index contributed by atoms with van der Waals surface area (Å²) in [5, 5.41) is 21.4. The van der Waals surface area contributed by atoms with Crippen LogP contribution in [0.4, 0.5) is 37.1 Å². The highest BCUT2D eigenvalue weighted by Crippen LogP contribution is 2.26. The number of carbonyl (C=O) groups is 4. The number of nitrogens with zero attached hydrogens (tertiary/aromatic N) is 9. The minimum atomic E-state index is -0.624. The van der Waals surface area contributed by atoms with Gasteiger partial charge in [0.15, 0.2) is 11.3 Å². The minimum absolute atomic E-state index is 0.0262. The van der Waals surface area contributed by atoms with Crippen LogP contribution in [0, 0.1) is 15.5 Å². The first kappa shape index (κ1) is 32.7. The number of para-hydroxylation sites is 1. The molecule has 248 valence electrons. The average Bonchev–Trinajstić information content (AvgIpc) is 3.88. The Morgan fingerprint density at radius 2 is 1.46 bits per heavy atom. The van der Waals surface area contributed by atoms with Crippen LogP contribution in [0.15, 0.2) is 73.6 Å². The fraction of sp³-hybridized carbons (Fsp3) is 0.200. The zero-order valence-electron chi connectivity index (χ0n) is 26.4. The lowest BCUT2D eigenvalue weighted by molar-refractivity contribution is -0.383. The molecule has 0 saturated heterocycles. The molecule has 0 saturated carbocycles. The van der Waals surface area contributed by atoms with Gasteiger partial charge in [-0.15, -0.1) is 0 Å². The summed E-state index contributed by atoms with van der Waals surface area (Å²) in [6, 6.07) is 7.85. The Labute approximate surface area is 272 Å². The molecule has 0 unspecified atom stereocenters. The van der Waals surface area contributed by atoms with Crippen LogP contribution < -0.4 is 20.9 Å². The van der Waals surface area contributed by atoms with Crippen LogP contribution in [0.1, 0.15) is 17.0 Å². The van der Waals surface area contributed by atoms with Crippen molar-refractivity contribution >= 4 is 63.6 Å². The number of amidine groups is 1. The maximum Gasteiger partial charge on any atom is 0.332 e. The van der Waals surface area contributed by atoms with E-state index in [1.165, 1.54) is 95.4 Å². The highest BCUT2D eigenvalue weighted by molar-refractivity contribution is 6.05. The van der Waals surface area contributed by atoms with E-state index < -0.39 is 22.9 Å². The van der Waals surface area contributed by atoms with Gasteiger partial charge in [0.05, 0.1) is 33.3 Å². The van der Waals surface area contributed by atoms with Crippen LogP contribution in [0.2, 0.25) is 0 Å². The molecule has 4 amide bonds. The van der Waals surface area contributed by atoms with Gasteiger partial charge in [0.25, 0.3) is 11.6 Å². The fourth-order valence-electron chi connectivity index (χ4n) is 4.88. The molecule has 0 atom stereocenters. The molecule has 4 heterocycles. The molecule has 0 aliphatic heterocycles. The normalized spacial score (nSPS) is 10.9. The highest BCUT2D eigenvalue weighted by Gasteiger charge is 2.23. The number of amides is 4. The van der Waals surface area contributed by atoms with E-state index >= 15 is 0 Å². The number of aryl methyl sites for hydroxylation is 1. The minimum Gasteiger partial charge on any atom is -0.388 e. The van der Waals surface area contributed by atoms with Crippen LogP contribution in [0.3, 0.4) is 0 Å². The molecule has 48 heavy (non-hydrogen) atoms. The van der Waals surface area contributed by atoms with E-state index in [1.807, 2.05) is 0 Å². The third-order valence-electron chi connectivity index (χ3n) is 7.65. The number of nitrogens with two attached hydrogens (primary N) is 1. The number of rotatable bonds is 8. The molecular formula is C30H32N12O6. The Balaban J connectivity index is 1.23. The maximum atomic E-state index is 13.3. The number of hydrogen-bond donors (Lipinski definition) is 3. The predicted octanol–water partition coefficient (Wildman–Crippen LogP) is 3.57. The Morgan fingerprint density at radius 3 is 2.04 bits per heavy atom. The predicted molar refractivity (Wildman–Crippen MR) is 177 cm³/mol. The molecule has 0 aliphatic carbocycles. The number of hydrogen-bond acceptors (Lipinski definition) is 8. The van der Waals surface area contributed by atoms with Gasteiger partial charge in [-0.05, 0) is 24.3 Å². The number of anilines is 3. The van der Waals surface area contributed by atoms with E-state index in [2.05, 4.69) is 10.3 Å². The second-order valence-electron chi connectivity index (χ2n) is 10.9. The van der Waals surface area contributed by atoms with Crippen LogP contribution in [-0.4, -0.2) is 90.6 Å². The Kier molecular flexibility index (Phi) is 8.81. The molecule has 0 aliphatic rings. The number of aromatic nitrogens is 5. The third-order valence-corrected chi connectivity index (χ3v) is 7.65. The molecule has 5 aromatic rings. The van der Waals surface area contributed by atoms with E-state index in [9.17, 15) is 29.3 Å². The number of carbonyl (C=O) groups excluding carboxylic acids is 4. The van der Waals surface area contributed by atoms with E-state index in [0.717, 1.165) is 0 Å². The molecule has 0 fully saturated rings. The van der Waals surface area contributed by atoms with Gasteiger partial charge in [-0.3, -0.25) is 43.8 Å². The summed E-state index contributed by atoms with van der Waals surface area (Å²) in [6.07, 6.45) is 9.10. The lowest BCUT2D eigenvalue weighted by atomic mass is 10.3. The highest BCUT2D eigenvalue weighted by atomic mass is 16.6. The smallest absolute Gasteiger partial charge is 0.332 e. The molecule has 1 aromatic carbocycles. The first-order valence-corrected chi connectivity index (χ1v) is 14.4. The largest absolute Gasteiger partial charge is 0.388 e. The van der Waals surface area contributed by atoms with Crippen LogP contribution in [0.5, 0.6) is 0 Å². The van der Waals surface area contributed by atoms with Gasteiger partial charge in [-0.1, -0.05) is 6.07 Å². The van der Waals surface area contributed by atoms with Crippen LogP contribution >= 0.6 is 0 Å². The quantitative estimate of drug-likeness (QED) is 0.0968. The summed E-state index contributed by atoms with van der Waals surface area (Å²) in [7, 11) is 6.23. The first-order valence-electron chi connectivity index (χ1n) is 14.4. The fourth-order valence-corrected chi connectivity index (χ4v) is 4.88. The van der Waals surface area contributed by atoms with E-state index in [4.69, 9.17) is 11.1 Å². The monoisotopic (exact) mass is 656 g/mol. The van der Waals surface area contributed by atoms with Crippen molar-refractivity contribution in [2.75, 3.05) is 42.8 Å². The molecule has 4 N–H and O–H groups in total. The van der Waals surface area contributed by atoms with Crippen molar-refractivity contribution in [1.29, 1.82) is 5.41 Å². The van der Waals surface area contributed by atoms with Crippen LogP contribution in [0.25, 0.3) is 11.0 Å². The average molecular weight is 657 g/mol. The number of non-ortho nitro benzene ring substituents is 1. The van der Waals surface area contributed by atoms with Gasteiger partial charge >= 0.3 is 18.1 Å². The summed E-state index contributed by atoms with van der Waals surface area (Å²) < 4.78 is 5.31. The second kappa shape index (κ2) is 12.9. The molecule has 18 heteroatoms. The van der Waals surface area contributed by atoms with Gasteiger partial charge in [0.2, 0.25) is 0 Å². The maximum absolute atomic E-state index is 13.3. The third kappa shape index (κ3) is 6.34. The van der Waals surface area contributed by atoms with Crippen molar-refractivity contribution < 1.29 is 24.1 Å². The number of nitro groups is 1. The van der Waals surface area contributed by atoms with Crippen molar-refractivity contribution in [3.05, 3.63) is 89.5 Å². The van der Waals surface area contributed by atoms with E-state index in [0.29, 0.717) is 16.9 Å². The number of imidazole rings is 1. The zero-order valence-corrected chi connectivity index (χ0v) is 26.4. The standard InChI is InChI=1S/C30H32N12O6/c1-35(12-11-24(31)32)28(44)40-14-9-20(17-40)37(3)30(46)41-15-10-21(18-41)36(2)29(45)39-13-8-19(16-39)33-27(43)26-34-25-22(38(26)4)6-5-7-23(25)42(47)48/h5-10,13-18H,11-12H2,1-4H3,(H3,31,32)(H,33,43). The number of fused-ring (bicyclic) bond motifs is 1. The van der Waals surface area contributed by atoms with Gasteiger partial charge < -0.3 is 20.5 Å². The Morgan fingerprint density at radius 1 is 0.896 bits per heavy atom. The van der Waals surface area contributed by atoms with E-state index in [1.54, 1.807) is 39.3 Å². The topological polar surface area (TPSA) is 216 Å². The van der Waals surface area contributed by atoms with Gasteiger partial charge in [0, 0.05) is 84.4 Å². The van der Waals surface area contributed by atoms with Crippen molar-refractivity contribution in [3.63, 3.8) is 0 Å². The lowest BCUT2D eigenvalue weighted by Gasteiger charge is -2.18. The molecule has 0 radical (unpaired) electrons. The van der Waals surface area contributed by atoms with Crippen molar-refractivity contribution in [2.24, 2.45) is 12.8 Å². The Hall–Kier alpha value is -6.72. The van der Waals surface area contributed by atoms with E-state index in [-0.39, 0.29) is 47.5 Å². The Bertz CT molecular complexity index is 2090. The van der Waals surface area contributed by atoms with Crippen molar-refractivity contribution in [1.82, 2.24) is 28.2 Å². The summed E-state index contributed by atoms with van der Waals surface area (Å²) in [6.45, 7) is 0.269. The molecule has 18 nitrogen and oxygen atoms in total. The number of nitro benzene ring substituents is 1. The van der Waals surface area contributed by atoms with Gasteiger partial charge in [0.1, 0.15) is 0 Å². The number of benzene rings is 1. The first-order chi connectivity index (χ1) is 22.8. The summed E-state index contributed by atoms with van der Waals surface area (Å²) in [5.74, 6) is -0.700. The van der Waals surface area contributed by atoms with Crippen LogP contribution in [-0.2, 0) is 7.05 Å². The molecule has 0 bridgehead atoms. The zero-order chi connectivity index (χ0) is 34.9. The summed E-state index contributed by atoms with van der Waals surface area (Å²) in [4.78, 5) is 71.3.